The van der Waals surface area contributed by atoms with Gasteiger partial charge in [-0.25, -0.2) is 17.8 Å². The predicted molar refractivity (Wildman–Crippen MR) is 94.4 cm³/mol. The van der Waals surface area contributed by atoms with Gasteiger partial charge in [0.1, 0.15) is 5.82 Å². The van der Waals surface area contributed by atoms with Gasteiger partial charge in [0, 0.05) is 5.56 Å². The Morgan fingerprint density at radius 2 is 1.92 bits per heavy atom. The van der Waals surface area contributed by atoms with Crippen molar-refractivity contribution in [2.24, 2.45) is 0 Å². The summed E-state index contributed by atoms with van der Waals surface area (Å²) in [5.41, 5.74) is 1.03. The molecule has 1 N–H and O–H groups in total. The zero-order chi connectivity index (χ0) is 18.0. The van der Waals surface area contributed by atoms with Crippen LogP contribution in [-0.2, 0) is 9.84 Å². The lowest BCUT2D eigenvalue weighted by molar-refractivity contribution is 0.590. The van der Waals surface area contributed by atoms with Crippen LogP contribution in [0.4, 0.5) is 16.1 Å². The summed E-state index contributed by atoms with van der Waals surface area (Å²) in [6, 6.07) is 10.3. The largest absolute Gasteiger partial charge is 0.423 e. The van der Waals surface area contributed by atoms with Crippen molar-refractivity contribution in [3.63, 3.8) is 0 Å². The molecular formula is C17H14ClFN2O3S. The fourth-order valence-corrected chi connectivity index (χ4v) is 3.23. The van der Waals surface area contributed by atoms with Crippen LogP contribution in [0.25, 0.3) is 11.3 Å². The molecule has 1 heterocycles. The van der Waals surface area contributed by atoms with Crippen LogP contribution in [-0.4, -0.2) is 19.2 Å². The minimum atomic E-state index is -3.36. The number of anilines is 2. The highest BCUT2D eigenvalue weighted by molar-refractivity contribution is 7.91. The third kappa shape index (κ3) is 3.83. The summed E-state index contributed by atoms with van der Waals surface area (Å²) in [6.07, 6.45) is 1.48. The first kappa shape index (κ1) is 17.4. The number of rotatable bonds is 5. The molecule has 0 aliphatic rings. The number of nitrogens with zero attached hydrogens (tertiary/aromatic N) is 1. The molecule has 1 aromatic heterocycles. The fourth-order valence-electron chi connectivity index (χ4n) is 2.16. The molecule has 0 fully saturated rings. The van der Waals surface area contributed by atoms with Crippen molar-refractivity contribution in [1.29, 1.82) is 0 Å². The number of aromatic nitrogens is 1. The van der Waals surface area contributed by atoms with E-state index in [1.165, 1.54) is 36.5 Å². The molecule has 3 aromatic rings. The minimum Gasteiger partial charge on any atom is -0.423 e. The van der Waals surface area contributed by atoms with Crippen LogP contribution in [0.3, 0.4) is 0 Å². The molecule has 0 radical (unpaired) electrons. The highest BCUT2D eigenvalue weighted by Crippen LogP contribution is 2.30. The highest BCUT2D eigenvalue weighted by Gasteiger charge is 2.15. The van der Waals surface area contributed by atoms with E-state index in [1.54, 1.807) is 19.1 Å². The molecule has 0 saturated carbocycles. The minimum absolute atomic E-state index is 0.0121. The Bertz CT molecular complexity index is 1000. The Labute approximate surface area is 149 Å². The average Bonchev–Trinajstić information content (AvgIpc) is 3.06. The van der Waals surface area contributed by atoms with Crippen molar-refractivity contribution in [3.8, 4) is 11.3 Å². The quantitative estimate of drug-likeness (QED) is 0.696. The molecule has 2 aromatic carbocycles. The smallest absolute Gasteiger partial charge is 0.299 e. The third-order valence-electron chi connectivity index (χ3n) is 3.55. The Kier molecular flexibility index (Phi) is 4.78. The monoisotopic (exact) mass is 380 g/mol. The van der Waals surface area contributed by atoms with Gasteiger partial charge in [0.05, 0.1) is 27.6 Å². The van der Waals surface area contributed by atoms with E-state index < -0.39 is 9.84 Å². The maximum Gasteiger partial charge on any atom is 0.299 e. The summed E-state index contributed by atoms with van der Waals surface area (Å²) in [5, 5.41) is 3.19. The molecule has 0 unspecified atom stereocenters. The van der Waals surface area contributed by atoms with Crippen molar-refractivity contribution in [2.75, 3.05) is 11.1 Å². The molecule has 0 atom stereocenters. The van der Waals surface area contributed by atoms with E-state index in [2.05, 4.69) is 10.3 Å². The van der Waals surface area contributed by atoms with Crippen molar-refractivity contribution in [3.05, 3.63) is 59.5 Å². The van der Waals surface area contributed by atoms with Crippen molar-refractivity contribution < 1.29 is 17.2 Å². The second-order valence-electron chi connectivity index (χ2n) is 5.21. The molecule has 0 aliphatic carbocycles. The van der Waals surface area contributed by atoms with Gasteiger partial charge in [0.25, 0.3) is 6.01 Å². The summed E-state index contributed by atoms with van der Waals surface area (Å²) in [7, 11) is -3.36. The standard InChI is InChI=1S/C17H14ClFN2O3S/c1-2-25(22,23)13-7-8-14(18)15(9-13)21-17-20-10-16(24-17)11-3-5-12(19)6-4-11/h3-10H,2H2,1H3,(H,20,21). The number of halogens is 2. The molecule has 130 valence electrons. The third-order valence-corrected chi connectivity index (χ3v) is 5.61. The van der Waals surface area contributed by atoms with Crippen molar-refractivity contribution in [2.45, 2.75) is 11.8 Å². The van der Waals surface area contributed by atoms with Crippen LogP contribution >= 0.6 is 11.6 Å². The maximum atomic E-state index is 13.0. The highest BCUT2D eigenvalue weighted by atomic mass is 35.5. The first-order valence-corrected chi connectivity index (χ1v) is 9.43. The zero-order valence-corrected chi connectivity index (χ0v) is 14.7. The zero-order valence-electron chi connectivity index (χ0n) is 13.2. The van der Waals surface area contributed by atoms with Gasteiger partial charge in [-0.05, 0) is 42.5 Å². The fraction of sp³-hybridized carbons (Fsp3) is 0.118. The normalized spacial score (nSPS) is 11.5. The number of sulfone groups is 1. The molecular weight excluding hydrogens is 367 g/mol. The van der Waals surface area contributed by atoms with Gasteiger partial charge in [-0.2, -0.15) is 0 Å². The molecule has 3 rings (SSSR count). The molecule has 0 spiro atoms. The summed E-state index contributed by atoms with van der Waals surface area (Å²) in [6.45, 7) is 1.57. The second kappa shape index (κ2) is 6.85. The van der Waals surface area contributed by atoms with Crippen LogP contribution in [0.1, 0.15) is 6.92 Å². The molecule has 5 nitrogen and oxygen atoms in total. The number of oxazole rings is 1. The maximum absolute atomic E-state index is 13.0. The first-order chi connectivity index (χ1) is 11.9. The molecule has 25 heavy (non-hydrogen) atoms. The van der Waals surface area contributed by atoms with Crippen molar-refractivity contribution in [1.82, 2.24) is 4.98 Å². The van der Waals surface area contributed by atoms with Crippen LogP contribution in [0, 0.1) is 5.82 Å². The molecule has 0 saturated heterocycles. The number of hydrogen-bond acceptors (Lipinski definition) is 5. The van der Waals surface area contributed by atoms with E-state index in [0.29, 0.717) is 22.0 Å². The number of nitrogens with one attached hydrogen (secondary N) is 1. The lowest BCUT2D eigenvalue weighted by Gasteiger charge is -2.08. The van der Waals surface area contributed by atoms with Crippen LogP contribution < -0.4 is 5.32 Å². The van der Waals surface area contributed by atoms with E-state index in [-0.39, 0.29) is 22.5 Å². The van der Waals surface area contributed by atoms with E-state index in [0.717, 1.165) is 0 Å². The molecule has 0 bridgehead atoms. The van der Waals surface area contributed by atoms with Gasteiger partial charge in [0.15, 0.2) is 15.6 Å². The lowest BCUT2D eigenvalue weighted by atomic mass is 10.2. The lowest BCUT2D eigenvalue weighted by Crippen LogP contribution is -2.04. The summed E-state index contributed by atoms with van der Waals surface area (Å²) >= 11 is 6.11. The van der Waals surface area contributed by atoms with Crippen molar-refractivity contribution >= 4 is 33.1 Å². The Hall–Kier alpha value is -2.38. The van der Waals surface area contributed by atoms with Gasteiger partial charge >= 0.3 is 0 Å². The van der Waals surface area contributed by atoms with E-state index >= 15 is 0 Å². The average molecular weight is 381 g/mol. The number of benzene rings is 2. The second-order valence-corrected chi connectivity index (χ2v) is 7.89. The summed E-state index contributed by atoms with van der Waals surface area (Å²) in [5.74, 6) is 0.0835. The molecule has 0 amide bonds. The van der Waals surface area contributed by atoms with Gasteiger partial charge in [-0.1, -0.05) is 18.5 Å². The van der Waals surface area contributed by atoms with E-state index in [1.807, 2.05) is 0 Å². The van der Waals surface area contributed by atoms with Gasteiger partial charge in [0.2, 0.25) is 0 Å². The van der Waals surface area contributed by atoms with Crippen LogP contribution in [0.15, 0.2) is 58.0 Å². The topological polar surface area (TPSA) is 72.2 Å². The van der Waals surface area contributed by atoms with E-state index in [9.17, 15) is 12.8 Å². The summed E-state index contributed by atoms with van der Waals surface area (Å²) < 4.78 is 42.5. The predicted octanol–water partition coefficient (Wildman–Crippen LogP) is 4.67. The van der Waals surface area contributed by atoms with Crippen LogP contribution in [0.2, 0.25) is 5.02 Å². The Morgan fingerprint density at radius 1 is 1.20 bits per heavy atom. The van der Waals surface area contributed by atoms with E-state index in [4.69, 9.17) is 16.0 Å². The molecule has 8 heteroatoms. The van der Waals surface area contributed by atoms with Crippen LogP contribution in [0.5, 0.6) is 0 Å². The number of hydrogen-bond donors (Lipinski definition) is 1. The van der Waals surface area contributed by atoms with Gasteiger partial charge in [-0.15, -0.1) is 0 Å². The Morgan fingerprint density at radius 3 is 2.60 bits per heavy atom. The van der Waals surface area contributed by atoms with Gasteiger partial charge in [-0.3, -0.25) is 0 Å². The van der Waals surface area contributed by atoms with Gasteiger partial charge < -0.3 is 9.73 Å². The molecule has 0 aliphatic heterocycles. The summed E-state index contributed by atoms with van der Waals surface area (Å²) in [4.78, 5) is 4.24. The first-order valence-electron chi connectivity index (χ1n) is 7.40. The Balaban J connectivity index is 1.88. The SMILES string of the molecule is CCS(=O)(=O)c1ccc(Cl)c(Nc2ncc(-c3ccc(F)cc3)o2)c1.